The van der Waals surface area contributed by atoms with Crippen molar-refractivity contribution in [3.8, 4) is 0 Å². The lowest BCUT2D eigenvalue weighted by Crippen LogP contribution is -2.49. The highest BCUT2D eigenvalue weighted by atomic mass is 16.6. The van der Waals surface area contributed by atoms with E-state index in [0.717, 1.165) is 51.3 Å². The van der Waals surface area contributed by atoms with Gasteiger partial charge in [-0.3, -0.25) is 9.88 Å². The second kappa shape index (κ2) is 9.47. The van der Waals surface area contributed by atoms with Crippen molar-refractivity contribution >= 4 is 5.97 Å². The van der Waals surface area contributed by atoms with Crippen molar-refractivity contribution in [1.29, 1.82) is 0 Å². The number of benzene rings is 1. The molecule has 3 heterocycles. The van der Waals surface area contributed by atoms with E-state index in [1.165, 1.54) is 5.56 Å². The molecule has 1 aromatic carbocycles. The molecular formula is C25H33N3O3. The van der Waals surface area contributed by atoms with Crippen molar-refractivity contribution in [3.05, 3.63) is 65.5 Å². The van der Waals surface area contributed by atoms with Crippen molar-refractivity contribution in [3.63, 3.8) is 0 Å². The van der Waals surface area contributed by atoms with Crippen LogP contribution in [0.25, 0.3) is 0 Å². The molecule has 0 saturated carbocycles. The highest BCUT2D eigenvalue weighted by Crippen LogP contribution is 2.36. The lowest BCUT2D eigenvalue weighted by Gasteiger charge is -2.39. The predicted molar refractivity (Wildman–Crippen MR) is 120 cm³/mol. The van der Waals surface area contributed by atoms with Crippen LogP contribution in [-0.4, -0.2) is 71.8 Å². The molecule has 6 nitrogen and oxygen atoms in total. The van der Waals surface area contributed by atoms with E-state index >= 15 is 0 Å². The highest BCUT2D eigenvalue weighted by Gasteiger charge is 2.41. The molecule has 0 spiro atoms. The summed E-state index contributed by atoms with van der Waals surface area (Å²) in [6, 6.07) is 12.1. The number of esters is 1. The first-order valence-electron chi connectivity index (χ1n) is 11.2. The molecule has 2 aromatic rings. The van der Waals surface area contributed by atoms with Crippen LogP contribution in [0.1, 0.15) is 48.3 Å². The van der Waals surface area contributed by atoms with Gasteiger partial charge in [0, 0.05) is 45.1 Å². The minimum atomic E-state index is -0.518. The third-order valence-corrected chi connectivity index (χ3v) is 5.88. The van der Waals surface area contributed by atoms with Crippen LogP contribution < -0.4 is 0 Å². The van der Waals surface area contributed by atoms with E-state index in [9.17, 15) is 4.79 Å². The fourth-order valence-corrected chi connectivity index (χ4v) is 4.25. The molecule has 2 atom stereocenters. The van der Waals surface area contributed by atoms with Gasteiger partial charge in [0.15, 0.2) is 0 Å². The van der Waals surface area contributed by atoms with Gasteiger partial charge in [0.05, 0.1) is 18.2 Å². The van der Waals surface area contributed by atoms with Gasteiger partial charge in [0.1, 0.15) is 11.7 Å². The van der Waals surface area contributed by atoms with Gasteiger partial charge >= 0.3 is 5.97 Å². The second-order valence-electron chi connectivity index (χ2n) is 9.39. The summed E-state index contributed by atoms with van der Waals surface area (Å²) in [5.41, 5.74) is 2.48. The number of hydrogen-bond acceptors (Lipinski definition) is 6. The molecule has 31 heavy (non-hydrogen) atoms. The summed E-state index contributed by atoms with van der Waals surface area (Å²) in [5, 5.41) is 0. The first kappa shape index (κ1) is 21.9. The zero-order valence-electron chi connectivity index (χ0n) is 18.8. The molecule has 2 fully saturated rings. The summed E-state index contributed by atoms with van der Waals surface area (Å²) in [5.74, 6) is -0.260. The van der Waals surface area contributed by atoms with E-state index in [0.29, 0.717) is 5.56 Å². The fraction of sp³-hybridized carbons (Fsp3) is 0.520. The van der Waals surface area contributed by atoms with E-state index in [1.807, 2.05) is 51.4 Å². The van der Waals surface area contributed by atoms with E-state index in [2.05, 4.69) is 33.0 Å². The van der Waals surface area contributed by atoms with E-state index in [1.54, 1.807) is 0 Å². The third kappa shape index (κ3) is 5.91. The van der Waals surface area contributed by atoms with Crippen LogP contribution in [0.5, 0.6) is 0 Å². The van der Waals surface area contributed by atoms with Gasteiger partial charge < -0.3 is 14.4 Å². The van der Waals surface area contributed by atoms with Crippen LogP contribution in [0.3, 0.4) is 0 Å². The number of pyridine rings is 1. The number of ether oxygens (including phenoxy) is 2. The molecule has 166 valence electrons. The Hall–Kier alpha value is -2.28. The van der Waals surface area contributed by atoms with Crippen LogP contribution >= 0.6 is 0 Å². The van der Waals surface area contributed by atoms with Crippen LogP contribution in [0.15, 0.2) is 48.8 Å². The summed E-state index contributed by atoms with van der Waals surface area (Å²) in [6.07, 6.45) is 4.90. The predicted octanol–water partition coefficient (Wildman–Crippen LogP) is 3.34. The Morgan fingerprint density at radius 3 is 2.45 bits per heavy atom. The monoisotopic (exact) mass is 423 g/mol. The molecule has 0 radical (unpaired) electrons. The zero-order valence-corrected chi connectivity index (χ0v) is 18.8. The van der Waals surface area contributed by atoms with E-state index in [4.69, 9.17) is 9.47 Å². The molecule has 2 saturated heterocycles. The van der Waals surface area contributed by atoms with E-state index < -0.39 is 5.60 Å². The summed E-state index contributed by atoms with van der Waals surface area (Å²) in [4.78, 5) is 22.0. The number of carbonyl (C=O) groups is 1. The molecule has 2 aliphatic heterocycles. The van der Waals surface area contributed by atoms with Crippen LogP contribution in [0.4, 0.5) is 0 Å². The lowest BCUT2D eigenvalue weighted by molar-refractivity contribution is 0.00639. The minimum absolute atomic E-state index is 0.0890. The standard InChI is InChI=1S/C25H33N3O3/c1-25(2,3)31-24(29)21-7-5-4-6-20(21)23(22-18-30-22)28-16-14-27(15-17-28)13-10-19-8-11-26-12-9-19/h4-9,11-12,22-23H,10,13-18H2,1-3H3. The van der Waals surface area contributed by atoms with Gasteiger partial charge in [-0.25, -0.2) is 4.79 Å². The fourth-order valence-electron chi connectivity index (χ4n) is 4.25. The van der Waals surface area contributed by atoms with Gasteiger partial charge in [0.25, 0.3) is 0 Å². The lowest BCUT2D eigenvalue weighted by atomic mass is 9.95. The number of rotatable bonds is 7. The number of aromatic nitrogens is 1. The maximum absolute atomic E-state index is 12.9. The van der Waals surface area contributed by atoms with Crippen LogP contribution in [-0.2, 0) is 15.9 Å². The molecule has 0 aliphatic carbocycles. The number of hydrogen-bond donors (Lipinski definition) is 0. The van der Waals surface area contributed by atoms with Gasteiger partial charge in [-0.05, 0) is 56.5 Å². The second-order valence-corrected chi connectivity index (χ2v) is 9.39. The Labute approximate surface area is 185 Å². The number of piperazine rings is 1. The molecule has 6 heteroatoms. The Morgan fingerprint density at radius 2 is 1.81 bits per heavy atom. The number of epoxide rings is 1. The molecule has 0 amide bonds. The average molecular weight is 424 g/mol. The highest BCUT2D eigenvalue weighted by molar-refractivity contribution is 5.91. The topological polar surface area (TPSA) is 58.2 Å². The summed E-state index contributed by atoms with van der Waals surface area (Å²) >= 11 is 0. The molecule has 1 aromatic heterocycles. The molecule has 2 unspecified atom stereocenters. The minimum Gasteiger partial charge on any atom is -0.456 e. The first-order chi connectivity index (χ1) is 14.9. The molecular weight excluding hydrogens is 390 g/mol. The Kier molecular flexibility index (Phi) is 6.70. The maximum Gasteiger partial charge on any atom is 0.338 e. The number of carbonyl (C=O) groups excluding carboxylic acids is 1. The summed E-state index contributed by atoms with van der Waals surface area (Å²) in [6.45, 7) is 11.5. The van der Waals surface area contributed by atoms with Gasteiger partial charge in [-0.1, -0.05) is 18.2 Å². The van der Waals surface area contributed by atoms with Crippen molar-refractivity contribution in [1.82, 2.24) is 14.8 Å². The summed E-state index contributed by atoms with van der Waals surface area (Å²) in [7, 11) is 0. The SMILES string of the molecule is CC(C)(C)OC(=O)c1ccccc1C(C1CO1)N1CCN(CCc2ccncc2)CC1. The zero-order chi connectivity index (χ0) is 21.8. The smallest absolute Gasteiger partial charge is 0.338 e. The Morgan fingerprint density at radius 1 is 1.13 bits per heavy atom. The van der Waals surface area contributed by atoms with Gasteiger partial charge in [-0.2, -0.15) is 0 Å². The van der Waals surface area contributed by atoms with Crippen molar-refractivity contribution in [2.45, 2.75) is 44.9 Å². The Bertz CT molecular complexity index is 869. The van der Waals surface area contributed by atoms with E-state index in [-0.39, 0.29) is 18.1 Å². The maximum atomic E-state index is 12.9. The normalized spacial score (nSPS) is 20.9. The first-order valence-corrected chi connectivity index (χ1v) is 11.2. The molecule has 0 bridgehead atoms. The molecule has 0 N–H and O–H groups in total. The molecule has 2 aliphatic rings. The van der Waals surface area contributed by atoms with Gasteiger partial charge in [0.2, 0.25) is 0 Å². The van der Waals surface area contributed by atoms with Gasteiger partial charge in [-0.15, -0.1) is 0 Å². The molecule has 4 rings (SSSR count). The van der Waals surface area contributed by atoms with Crippen molar-refractivity contribution in [2.75, 3.05) is 39.3 Å². The number of nitrogens with zero attached hydrogens (tertiary/aromatic N) is 3. The van der Waals surface area contributed by atoms with Crippen molar-refractivity contribution in [2.24, 2.45) is 0 Å². The Balaban J connectivity index is 1.42. The van der Waals surface area contributed by atoms with Crippen molar-refractivity contribution < 1.29 is 14.3 Å². The quantitative estimate of drug-likeness (QED) is 0.503. The van der Waals surface area contributed by atoms with Crippen LogP contribution in [0.2, 0.25) is 0 Å². The summed E-state index contributed by atoms with van der Waals surface area (Å²) < 4.78 is 11.4. The largest absolute Gasteiger partial charge is 0.456 e. The van der Waals surface area contributed by atoms with Crippen LogP contribution in [0, 0.1) is 0 Å². The average Bonchev–Trinajstić information content (AvgIpc) is 3.58. The third-order valence-electron chi connectivity index (χ3n) is 5.88.